The van der Waals surface area contributed by atoms with Gasteiger partial charge in [-0.1, -0.05) is 142 Å². The molecule has 6 nitrogen and oxygen atoms in total. The number of carbonyl (C=O) groups excluding carboxylic acids is 2. The number of halogens is 3. The fourth-order valence-corrected chi connectivity index (χ4v) is 7.10. The maximum absolute atomic E-state index is 12.7. The maximum Gasteiger partial charge on any atom is 0.389 e. The van der Waals surface area contributed by atoms with E-state index in [9.17, 15) is 27.9 Å². The largest absolute Gasteiger partial charge is 0.466 e. The molecule has 0 aliphatic carbocycles. The fraction of sp³-hybridized carbons (Fsp3) is 0.956. The number of hydrogen-bond acceptors (Lipinski definition) is 6. The average Bonchev–Trinajstić information content (AvgIpc) is 3.14. The third-order valence-corrected chi connectivity index (χ3v) is 10.5. The van der Waals surface area contributed by atoms with E-state index in [0.29, 0.717) is 25.9 Å². The molecule has 1 N–H and O–H groups in total. The smallest absolute Gasteiger partial charge is 0.389 e. The molecule has 0 saturated heterocycles. The number of nitrogens with zero attached hydrogens (tertiary/aromatic N) is 1. The minimum Gasteiger partial charge on any atom is -0.466 e. The highest BCUT2D eigenvalue weighted by atomic mass is 19.4. The molecule has 0 unspecified atom stereocenters. The molecule has 0 aromatic rings. The van der Waals surface area contributed by atoms with Gasteiger partial charge in [0.05, 0.1) is 6.61 Å². The number of esters is 2. The van der Waals surface area contributed by atoms with Gasteiger partial charge in [0.15, 0.2) is 0 Å². The van der Waals surface area contributed by atoms with E-state index in [2.05, 4.69) is 18.7 Å². The molecule has 54 heavy (non-hydrogen) atoms. The number of ether oxygens (including phenoxy) is 2. The first-order valence-electron chi connectivity index (χ1n) is 23.0. The van der Waals surface area contributed by atoms with Gasteiger partial charge >= 0.3 is 18.1 Å². The molecule has 0 atom stereocenters. The van der Waals surface area contributed by atoms with Crippen LogP contribution in [0.2, 0.25) is 0 Å². The molecule has 0 bridgehead atoms. The van der Waals surface area contributed by atoms with E-state index in [1.54, 1.807) is 0 Å². The van der Waals surface area contributed by atoms with Gasteiger partial charge in [0.25, 0.3) is 0 Å². The van der Waals surface area contributed by atoms with E-state index < -0.39 is 12.6 Å². The molecule has 0 rings (SSSR count). The molecule has 0 radical (unpaired) electrons. The number of carbonyl (C=O) groups is 2. The highest BCUT2D eigenvalue weighted by molar-refractivity contribution is 5.69. The van der Waals surface area contributed by atoms with E-state index in [4.69, 9.17) is 9.47 Å². The number of aliphatic hydroxyl groups is 1. The van der Waals surface area contributed by atoms with Crippen molar-refractivity contribution in [1.82, 2.24) is 4.90 Å². The van der Waals surface area contributed by atoms with Gasteiger partial charge in [-0.3, -0.25) is 9.59 Å². The van der Waals surface area contributed by atoms with Crippen molar-refractivity contribution in [3.8, 4) is 0 Å². The highest BCUT2D eigenvalue weighted by Crippen LogP contribution is 2.23. The second kappa shape index (κ2) is 39.9. The van der Waals surface area contributed by atoms with Crippen molar-refractivity contribution in [3.05, 3.63) is 0 Å². The first kappa shape index (κ1) is 52.6. The lowest BCUT2D eigenvalue weighted by atomic mass is 10.0. The molecule has 0 aromatic carbocycles. The lowest BCUT2D eigenvalue weighted by molar-refractivity contribution is -0.150. The van der Waals surface area contributed by atoms with E-state index in [1.807, 2.05) is 0 Å². The molecular formula is C45H86F3NO5. The lowest BCUT2D eigenvalue weighted by Gasteiger charge is -2.22. The van der Waals surface area contributed by atoms with Crippen molar-refractivity contribution in [1.29, 1.82) is 0 Å². The van der Waals surface area contributed by atoms with E-state index in [-0.39, 0.29) is 31.1 Å². The third kappa shape index (κ3) is 40.3. The van der Waals surface area contributed by atoms with E-state index in [1.165, 1.54) is 64.2 Å². The van der Waals surface area contributed by atoms with Crippen LogP contribution >= 0.6 is 0 Å². The Morgan fingerprint density at radius 1 is 0.519 bits per heavy atom. The molecule has 0 spiro atoms. The summed E-state index contributed by atoms with van der Waals surface area (Å²) >= 11 is 0. The van der Waals surface area contributed by atoms with E-state index >= 15 is 0 Å². The SMILES string of the molecule is CCCCCCCCC(CCCCCCCC)OC(=O)CCCCCCCN(CCCO)CCCCCC(=O)OCCCCCCCCCCC(F)(F)F. The van der Waals surface area contributed by atoms with Crippen LogP contribution < -0.4 is 0 Å². The van der Waals surface area contributed by atoms with Gasteiger partial charge in [0.1, 0.15) is 6.10 Å². The summed E-state index contributed by atoms with van der Waals surface area (Å²) < 4.78 is 47.9. The summed E-state index contributed by atoms with van der Waals surface area (Å²) in [5.74, 6) is -0.143. The van der Waals surface area contributed by atoms with Crippen molar-refractivity contribution >= 4 is 11.9 Å². The first-order valence-corrected chi connectivity index (χ1v) is 23.0. The lowest BCUT2D eigenvalue weighted by Crippen LogP contribution is -2.28. The summed E-state index contributed by atoms with van der Waals surface area (Å²) in [7, 11) is 0. The van der Waals surface area contributed by atoms with Crippen molar-refractivity contribution in [3.63, 3.8) is 0 Å². The minimum absolute atomic E-state index is 0.0100. The quantitative estimate of drug-likeness (QED) is 0.0491. The molecule has 0 fully saturated rings. The van der Waals surface area contributed by atoms with Crippen LogP contribution in [0.3, 0.4) is 0 Å². The molecule has 0 aliphatic rings. The average molecular weight is 778 g/mol. The zero-order chi connectivity index (χ0) is 39.8. The topological polar surface area (TPSA) is 76.1 Å². The second-order valence-electron chi connectivity index (χ2n) is 15.9. The van der Waals surface area contributed by atoms with Gasteiger partial charge in [0.2, 0.25) is 0 Å². The second-order valence-corrected chi connectivity index (χ2v) is 15.9. The third-order valence-electron chi connectivity index (χ3n) is 10.5. The van der Waals surface area contributed by atoms with Gasteiger partial charge in [0, 0.05) is 32.4 Å². The molecule has 0 amide bonds. The van der Waals surface area contributed by atoms with Crippen LogP contribution in [0.1, 0.15) is 232 Å². The Bertz CT molecular complexity index is 797. The van der Waals surface area contributed by atoms with Crippen molar-refractivity contribution < 1.29 is 37.3 Å². The molecule has 9 heteroatoms. The van der Waals surface area contributed by atoms with Crippen molar-refractivity contribution in [2.45, 2.75) is 244 Å². The number of aliphatic hydroxyl groups excluding tert-OH is 1. The van der Waals surface area contributed by atoms with E-state index in [0.717, 1.165) is 142 Å². The summed E-state index contributed by atoms with van der Waals surface area (Å²) in [6.07, 6.45) is 29.0. The van der Waals surface area contributed by atoms with Crippen molar-refractivity contribution in [2.24, 2.45) is 0 Å². The Morgan fingerprint density at radius 3 is 1.44 bits per heavy atom. The number of hydrogen-bond donors (Lipinski definition) is 1. The van der Waals surface area contributed by atoms with Gasteiger partial charge in [-0.2, -0.15) is 13.2 Å². The highest BCUT2D eigenvalue weighted by Gasteiger charge is 2.25. The summed E-state index contributed by atoms with van der Waals surface area (Å²) in [5.41, 5.74) is 0. The summed E-state index contributed by atoms with van der Waals surface area (Å²) in [4.78, 5) is 27.2. The monoisotopic (exact) mass is 778 g/mol. The maximum atomic E-state index is 12.7. The van der Waals surface area contributed by atoms with Crippen LogP contribution in [0.5, 0.6) is 0 Å². The Hall–Kier alpha value is -1.35. The molecule has 322 valence electrons. The molecule has 0 saturated carbocycles. The van der Waals surface area contributed by atoms with Gasteiger partial charge in [-0.05, 0) is 83.7 Å². The molecule has 0 heterocycles. The predicted molar refractivity (Wildman–Crippen MR) is 219 cm³/mol. The summed E-state index contributed by atoms with van der Waals surface area (Å²) in [6, 6.07) is 0. The van der Waals surface area contributed by atoms with Crippen LogP contribution in [-0.4, -0.2) is 67.1 Å². The van der Waals surface area contributed by atoms with Gasteiger partial charge in [-0.15, -0.1) is 0 Å². The standard InChI is InChI=1S/C45H86F3NO5/c1-3-5-7-9-16-23-32-42(33-24-17-10-8-6-4-2)54-44(52)35-25-18-15-20-28-37-49(39-31-40-50)38-29-22-26-34-43(51)53-41-30-21-14-12-11-13-19-27-36-45(46,47)48/h42,50H,3-41H2,1-2H3. The number of alkyl halides is 3. The molecule has 0 aliphatic heterocycles. The Kier molecular flexibility index (Phi) is 38.9. The van der Waals surface area contributed by atoms with Gasteiger partial charge < -0.3 is 19.5 Å². The zero-order valence-corrected chi connectivity index (χ0v) is 35.3. The normalized spacial score (nSPS) is 11.9. The zero-order valence-electron chi connectivity index (χ0n) is 35.3. The fourth-order valence-electron chi connectivity index (χ4n) is 7.10. The Labute approximate surface area is 330 Å². The predicted octanol–water partition coefficient (Wildman–Crippen LogP) is 13.6. The van der Waals surface area contributed by atoms with Crippen molar-refractivity contribution in [2.75, 3.05) is 32.8 Å². The van der Waals surface area contributed by atoms with Crippen LogP contribution in [0.4, 0.5) is 13.2 Å². The molecule has 0 aromatic heterocycles. The minimum atomic E-state index is -4.04. The number of unbranched alkanes of at least 4 members (excludes halogenated alkanes) is 23. The van der Waals surface area contributed by atoms with Crippen LogP contribution in [0.15, 0.2) is 0 Å². The van der Waals surface area contributed by atoms with Crippen LogP contribution in [0, 0.1) is 0 Å². The Balaban J connectivity index is 4.01. The summed E-state index contributed by atoms with van der Waals surface area (Å²) in [6.45, 7) is 8.02. The Morgan fingerprint density at radius 2 is 0.926 bits per heavy atom. The van der Waals surface area contributed by atoms with Crippen LogP contribution in [-0.2, 0) is 19.1 Å². The van der Waals surface area contributed by atoms with Crippen LogP contribution in [0.25, 0.3) is 0 Å². The molecular weight excluding hydrogens is 691 g/mol. The van der Waals surface area contributed by atoms with Gasteiger partial charge in [-0.25, -0.2) is 0 Å². The summed E-state index contributed by atoms with van der Waals surface area (Å²) in [5, 5.41) is 9.36. The first-order chi connectivity index (χ1) is 26.2. The number of rotatable bonds is 42.